The standard InChI is InChI=1S/C21H26O5/c1-13(2)25-15-10-11-16(19(12-15)26-14(3)4)21(22)20-17(23-5)8-7-9-18(20)24-6/h7-14H,1-6H3. The zero-order chi connectivity index (χ0) is 19.3. The number of carbonyl (C=O) groups is 1. The Morgan fingerprint density at radius 3 is 1.88 bits per heavy atom. The average molecular weight is 358 g/mol. The topological polar surface area (TPSA) is 54.0 Å². The Bertz CT molecular complexity index is 743. The van der Waals surface area contributed by atoms with Gasteiger partial charge in [0.15, 0.2) is 0 Å². The molecule has 0 spiro atoms. The maximum atomic E-state index is 13.3. The summed E-state index contributed by atoms with van der Waals surface area (Å²) in [4.78, 5) is 13.3. The third kappa shape index (κ3) is 4.48. The van der Waals surface area contributed by atoms with E-state index < -0.39 is 0 Å². The molecule has 0 amide bonds. The van der Waals surface area contributed by atoms with Crippen LogP contribution in [0.4, 0.5) is 0 Å². The van der Waals surface area contributed by atoms with Crippen LogP contribution < -0.4 is 18.9 Å². The van der Waals surface area contributed by atoms with E-state index in [1.54, 1.807) is 36.4 Å². The Morgan fingerprint density at radius 2 is 1.38 bits per heavy atom. The van der Waals surface area contributed by atoms with Gasteiger partial charge in [-0.25, -0.2) is 0 Å². The lowest BCUT2D eigenvalue weighted by molar-refractivity contribution is 0.102. The van der Waals surface area contributed by atoms with Crippen LogP contribution in [0.2, 0.25) is 0 Å². The summed E-state index contributed by atoms with van der Waals surface area (Å²) in [5.74, 6) is 1.79. The Balaban J connectivity index is 2.55. The van der Waals surface area contributed by atoms with Gasteiger partial charge >= 0.3 is 0 Å². The normalized spacial score (nSPS) is 10.8. The molecule has 0 aliphatic rings. The minimum absolute atomic E-state index is 0.0257. The van der Waals surface area contributed by atoms with Crippen LogP contribution in [0.1, 0.15) is 43.6 Å². The molecule has 0 aliphatic carbocycles. The molecule has 0 saturated carbocycles. The van der Waals surface area contributed by atoms with Crippen LogP contribution >= 0.6 is 0 Å². The molecule has 0 fully saturated rings. The number of benzene rings is 2. The van der Waals surface area contributed by atoms with Gasteiger partial charge in [0.2, 0.25) is 5.78 Å². The summed E-state index contributed by atoms with van der Waals surface area (Å²) in [5.41, 5.74) is 0.793. The highest BCUT2D eigenvalue weighted by atomic mass is 16.5. The lowest BCUT2D eigenvalue weighted by atomic mass is 10.00. The smallest absolute Gasteiger partial charge is 0.204 e. The Morgan fingerprint density at radius 1 is 0.808 bits per heavy atom. The van der Waals surface area contributed by atoms with E-state index in [1.807, 2.05) is 27.7 Å². The average Bonchev–Trinajstić information content (AvgIpc) is 2.59. The zero-order valence-corrected chi connectivity index (χ0v) is 16.2. The van der Waals surface area contributed by atoms with Gasteiger partial charge in [-0.2, -0.15) is 0 Å². The lowest BCUT2D eigenvalue weighted by Gasteiger charge is -2.18. The first-order chi connectivity index (χ1) is 12.4. The van der Waals surface area contributed by atoms with Crippen molar-refractivity contribution in [1.29, 1.82) is 0 Å². The second-order valence-corrected chi connectivity index (χ2v) is 6.36. The van der Waals surface area contributed by atoms with Gasteiger partial charge in [0, 0.05) is 6.07 Å². The van der Waals surface area contributed by atoms with E-state index in [1.165, 1.54) is 14.2 Å². The van der Waals surface area contributed by atoms with Crippen molar-refractivity contribution in [2.24, 2.45) is 0 Å². The van der Waals surface area contributed by atoms with Gasteiger partial charge in [-0.3, -0.25) is 4.79 Å². The summed E-state index contributed by atoms with van der Waals surface area (Å²) in [6.45, 7) is 7.71. The number of ether oxygens (including phenoxy) is 4. The Labute approximate surface area is 154 Å². The van der Waals surface area contributed by atoms with Gasteiger partial charge in [-0.15, -0.1) is 0 Å². The number of ketones is 1. The number of hydrogen-bond donors (Lipinski definition) is 0. The number of carbonyl (C=O) groups excluding carboxylic acids is 1. The van der Waals surface area contributed by atoms with E-state index in [2.05, 4.69) is 0 Å². The van der Waals surface area contributed by atoms with Gasteiger partial charge in [-0.1, -0.05) is 6.07 Å². The molecule has 5 heteroatoms. The molecule has 2 aromatic rings. The van der Waals surface area contributed by atoms with Crippen molar-refractivity contribution in [1.82, 2.24) is 0 Å². The van der Waals surface area contributed by atoms with E-state index in [0.29, 0.717) is 34.1 Å². The molecular weight excluding hydrogens is 332 g/mol. The predicted octanol–water partition coefficient (Wildman–Crippen LogP) is 4.51. The van der Waals surface area contributed by atoms with Crippen LogP contribution in [0.5, 0.6) is 23.0 Å². The monoisotopic (exact) mass is 358 g/mol. The predicted molar refractivity (Wildman–Crippen MR) is 101 cm³/mol. The minimum atomic E-state index is -0.231. The van der Waals surface area contributed by atoms with Crippen molar-refractivity contribution in [3.05, 3.63) is 47.5 Å². The lowest BCUT2D eigenvalue weighted by Crippen LogP contribution is -2.13. The second kappa shape index (κ2) is 8.61. The van der Waals surface area contributed by atoms with Crippen LogP contribution in [0.3, 0.4) is 0 Å². The number of hydrogen-bond acceptors (Lipinski definition) is 5. The van der Waals surface area contributed by atoms with Crippen LogP contribution in [-0.4, -0.2) is 32.2 Å². The van der Waals surface area contributed by atoms with Crippen LogP contribution in [0.25, 0.3) is 0 Å². The molecular formula is C21H26O5. The summed E-state index contributed by atoms with van der Waals surface area (Å²) in [6, 6.07) is 10.5. The van der Waals surface area contributed by atoms with Crippen molar-refractivity contribution >= 4 is 5.78 Å². The Kier molecular flexibility index (Phi) is 6.50. The summed E-state index contributed by atoms with van der Waals surface area (Å²) in [6.07, 6.45) is -0.0619. The van der Waals surface area contributed by atoms with E-state index in [0.717, 1.165) is 0 Å². The second-order valence-electron chi connectivity index (χ2n) is 6.36. The van der Waals surface area contributed by atoms with E-state index in [4.69, 9.17) is 18.9 Å². The first-order valence-electron chi connectivity index (χ1n) is 8.60. The highest BCUT2D eigenvalue weighted by Gasteiger charge is 2.23. The van der Waals surface area contributed by atoms with Gasteiger partial charge < -0.3 is 18.9 Å². The molecule has 0 unspecified atom stereocenters. The molecule has 0 heterocycles. The number of rotatable bonds is 8. The molecule has 0 aliphatic heterocycles. The van der Waals surface area contributed by atoms with Crippen molar-refractivity contribution in [3.8, 4) is 23.0 Å². The first-order valence-corrected chi connectivity index (χ1v) is 8.60. The first kappa shape index (κ1) is 19.6. The Hall–Kier alpha value is -2.69. The largest absolute Gasteiger partial charge is 0.496 e. The van der Waals surface area contributed by atoms with Crippen LogP contribution in [0.15, 0.2) is 36.4 Å². The quantitative estimate of drug-likeness (QED) is 0.650. The molecule has 0 bridgehead atoms. The fraction of sp³-hybridized carbons (Fsp3) is 0.381. The van der Waals surface area contributed by atoms with Crippen molar-refractivity contribution in [2.75, 3.05) is 14.2 Å². The maximum Gasteiger partial charge on any atom is 0.204 e. The molecule has 0 radical (unpaired) electrons. The molecule has 2 rings (SSSR count). The highest BCUT2D eigenvalue weighted by molar-refractivity contribution is 6.14. The van der Waals surface area contributed by atoms with Gasteiger partial charge in [0.25, 0.3) is 0 Å². The molecule has 26 heavy (non-hydrogen) atoms. The summed E-state index contributed by atoms with van der Waals surface area (Å²) in [7, 11) is 3.05. The van der Waals surface area contributed by atoms with Crippen LogP contribution in [-0.2, 0) is 0 Å². The van der Waals surface area contributed by atoms with E-state index >= 15 is 0 Å². The van der Waals surface area contributed by atoms with E-state index in [9.17, 15) is 4.79 Å². The molecule has 0 N–H and O–H groups in total. The van der Waals surface area contributed by atoms with Crippen molar-refractivity contribution < 1.29 is 23.7 Å². The third-order valence-corrected chi connectivity index (χ3v) is 3.59. The minimum Gasteiger partial charge on any atom is -0.496 e. The van der Waals surface area contributed by atoms with Gasteiger partial charge in [-0.05, 0) is 52.0 Å². The zero-order valence-electron chi connectivity index (χ0n) is 16.2. The summed E-state index contributed by atoms with van der Waals surface area (Å²) in [5, 5.41) is 0. The molecule has 2 aromatic carbocycles. The maximum absolute atomic E-state index is 13.3. The molecule has 0 saturated heterocycles. The summed E-state index contributed by atoms with van der Waals surface area (Å²) < 4.78 is 22.3. The third-order valence-electron chi connectivity index (χ3n) is 3.59. The molecule has 0 atom stereocenters. The van der Waals surface area contributed by atoms with Crippen molar-refractivity contribution in [3.63, 3.8) is 0 Å². The van der Waals surface area contributed by atoms with Crippen LogP contribution in [0, 0.1) is 0 Å². The molecule has 140 valence electrons. The summed E-state index contributed by atoms with van der Waals surface area (Å²) >= 11 is 0. The molecule has 5 nitrogen and oxygen atoms in total. The fourth-order valence-electron chi connectivity index (χ4n) is 2.60. The SMILES string of the molecule is COc1cccc(OC)c1C(=O)c1ccc(OC(C)C)cc1OC(C)C. The number of methoxy groups -OCH3 is 2. The van der Waals surface area contributed by atoms with E-state index in [-0.39, 0.29) is 18.0 Å². The van der Waals surface area contributed by atoms with Gasteiger partial charge in [0.1, 0.15) is 28.6 Å². The fourth-order valence-corrected chi connectivity index (χ4v) is 2.60. The highest BCUT2D eigenvalue weighted by Crippen LogP contribution is 2.35. The molecule has 0 aromatic heterocycles. The van der Waals surface area contributed by atoms with Gasteiger partial charge in [0.05, 0.1) is 32.0 Å². The van der Waals surface area contributed by atoms with Crippen molar-refractivity contribution in [2.45, 2.75) is 39.9 Å².